The molecule has 4 nitrogen and oxygen atoms in total. The predicted octanol–water partition coefficient (Wildman–Crippen LogP) is 5.93. The van der Waals surface area contributed by atoms with Crippen LogP contribution < -0.4 is 5.32 Å². The second-order valence-electron chi connectivity index (χ2n) is 8.36. The fourth-order valence-electron chi connectivity index (χ4n) is 4.14. The number of benzene rings is 3. The van der Waals surface area contributed by atoms with Gasteiger partial charge >= 0.3 is 6.18 Å². The molecule has 7 heteroatoms. The number of alkyl halides is 3. The molecule has 1 aliphatic heterocycles. The number of nitrogens with one attached hydrogen (secondary N) is 1. The SMILES string of the molecule is O=C(NCc1cccc(C(=O)N2CCCCC2)c1)c1ccccc1-c1ccc(C(F)(F)F)cc1. The van der Waals surface area contributed by atoms with Crippen molar-refractivity contribution in [1.82, 2.24) is 10.2 Å². The molecule has 1 fully saturated rings. The van der Waals surface area contributed by atoms with Crippen LogP contribution in [-0.2, 0) is 12.7 Å². The quantitative estimate of drug-likeness (QED) is 0.507. The van der Waals surface area contributed by atoms with Crippen LogP contribution in [-0.4, -0.2) is 29.8 Å². The van der Waals surface area contributed by atoms with Crippen LogP contribution in [0.4, 0.5) is 13.2 Å². The van der Waals surface area contributed by atoms with E-state index < -0.39 is 11.7 Å². The number of hydrogen-bond acceptors (Lipinski definition) is 2. The van der Waals surface area contributed by atoms with Crippen LogP contribution in [0.5, 0.6) is 0 Å². The van der Waals surface area contributed by atoms with Crippen LogP contribution in [0.1, 0.15) is 51.1 Å². The van der Waals surface area contributed by atoms with Gasteiger partial charge in [-0.15, -0.1) is 0 Å². The molecule has 1 heterocycles. The lowest BCUT2D eigenvalue weighted by Gasteiger charge is -2.26. The Balaban J connectivity index is 1.47. The zero-order valence-corrected chi connectivity index (χ0v) is 18.6. The third kappa shape index (κ3) is 5.47. The summed E-state index contributed by atoms with van der Waals surface area (Å²) in [5, 5.41) is 2.86. The van der Waals surface area contributed by atoms with Crippen LogP contribution in [0.2, 0.25) is 0 Å². The number of piperidine rings is 1. The van der Waals surface area contributed by atoms with Crippen molar-refractivity contribution in [2.75, 3.05) is 13.1 Å². The van der Waals surface area contributed by atoms with Gasteiger partial charge in [0.1, 0.15) is 0 Å². The number of likely N-dealkylation sites (tertiary alicyclic amines) is 1. The minimum atomic E-state index is -4.42. The standard InChI is InChI=1S/C27H25F3N2O2/c28-27(29,30)22-13-11-20(12-14-22)23-9-2-3-10-24(23)25(33)31-18-19-7-6-8-21(17-19)26(34)32-15-4-1-5-16-32/h2-3,6-14,17H,1,4-5,15-16,18H2,(H,31,33). The molecule has 2 amide bonds. The Kier molecular flexibility index (Phi) is 7.01. The summed E-state index contributed by atoms with van der Waals surface area (Å²) in [5.41, 5.74) is 2.08. The summed E-state index contributed by atoms with van der Waals surface area (Å²) in [6, 6.07) is 18.7. The van der Waals surface area contributed by atoms with Gasteiger partial charge in [-0.1, -0.05) is 42.5 Å². The average molecular weight is 467 g/mol. The summed E-state index contributed by atoms with van der Waals surface area (Å²) in [7, 11) is 0. The number of amides is 2. The van der Waals surface area contributed by atoms with Gasteiger partial charge < -0.3 is 10.2 Å². The zero-order chi connectivity index (χ0) is 24.1. The number of carbonyl (C=O) groups is 2. The first-order chi connectivity index (χ1) is 16.3. The van der Waals surface area contributed by atoms with E-state index in [1.807, 2.05) is 11.0 Å². The molecule has 34 heavy (non-hydrogen) atoms. The summed E-state index contributed by atoms with van der Waals surface area (Å²) in [6.07, 6.45) is -1.25. The molecule has 0 unspecified atom stereocenters. The second-order valence-corrected chi connectivity index (χ2v) is 8.36. The minimum Gasteiger partial charge on any atom is -0.348 e. The molecule has 0 saturated carbocycles. The summed E-state index contributed by atoms with van der Waals surface area (Å²) in [5.74, 6) is -0.344. The topological polar surface area (TPSA) is 49.4 Å². The van der Waals surface area contributed by atoms with Gasteiger partial charge in [0.2, 0.25) is 0 Å². The average Bonchev–Trinajstić information content (AvgIpc) is 2.87. The number of rotatable bonds is 5. The van der Waals surface area contributed by atoms with Gasteiger partial charge in [-0.05, 0) is 66.3 Å². The molecule has 0 aliphatic carbocycles. The van der Waals surface area contributed by atoms with E-state index in [1.165, 1.54) is 12.1 Å². The molecule has 4 rings (SSSR count). The van der Waals surface area contributed by atoms with Crippen LogP contribution in [0.15, 0.2) is 72.8 Å². The predicted molar refractivity (Wildman–Crippen MR) is 124 cm³/mol. The maximum Gasteiger partial charge on any atom is 0.416 e. The van der Waals surface area contributed by atoms with Crippen molar-refractivity contribution in [2.24, 2.45) is 0 Å². The lowest BCUT2D eigenvalue weighted by Crippen LogP contribution is -2.35. The van der Waals surface area contributed by atoms with E-state index in [9.17, 15) is 22.8 Å². The van der Waals surface area contributed by atoms with E-state index in [0.29, 0.717) is 22.3 Å². The van der Waals surface area contributed by atoms with Crippen LogP contribution in [0.25, 0.3) is 11.1 Å². The molecule has 1 saturated heterocycles. The first-order valence-electron chi connectivity index (χ1n) is 11.3. The van der Waals surface area contributed by atoms with Gasteiger partial charge in [-0.25, -0.2) is 0 Å². The smallest absolute Gasteiger partial charge is 0.348 e. The molecule has 3 aromatic rings. The van der Waals surface area contributed by atoms with Gasteiger partial charge in [0.05, 0.1) is 5.56 Å². The minimum absolute atomic E-state index is 0.000487. The summed E-state index contributed by atoms with van der Waals surface area (Å²) < 4.78 is 38.7. The molecule has 0 bridgehead atoms. The van der Waals surface area contributed by atoms with Gasteiger partial charge in [0.25, 0.3) is 11.8 Å². The van der Waals surface area contributed by atoms with Crippen molar-refractivity contribution in [1.29, 1.82) is 0 Å². The van der Waals surface area contributed by atoms with Gasteiger partial charge in [-0.2, -0.15) is 13.2 Å². The Hall–Kier alpha value is -3.61. The summed E-state index contributed by atoms with van der Waals surface area (Å²) in [6.45, 7) is 1.75. The van der Waals surface area contributed by atoms with Crippen LogP contribution >= 0.6 is 0 Å². The van der Waals surface area contributed by atoms with E-state index in [4.69, 9.17) is 0 Å². The highest BCUT2D eigenvalue weighted by atomic mass is 19.4. The Labute approximate surface area is 196 Å². The number of halogens is 3. The molecule has 0 aromatic heterocycles. The fraction of sp³-hybridized carbons (Fsp3) is 0.259. The van der Waals surface area contributed by atoms with Gasteiger partial charge in [0.15, 0.2) is 0 Å². The first-order valence-corrected chi connectivity index (χ1v) is 11.3. The number of hydrogen-bond donors (Lipinski definition) is 1. The van der Waals surface area contributed by atoms with E-state index in [2.05, 4.69) is 5.32 Å². The van der Waals surface area contributed by atoms with Gasteiger partial charge in [-0.3, -0.25) is 9.59 Å². The Morgan fingerprint density at radius 3 is 2.26 bits per heavy atom. The zero-order valence-electron chi connectivity index (χ0n) is 18.6. The highest BCUT2D eigenvalue weighted by molar-refractivity contribution is 6.01. The fourth-order valence-corrected chi connectivity index (χ4v) is 4.14. The molecule has 1 N–H and O–H groups in total. The molecular formula is C27H25F3N2O2. The van der Waals surface area contributed by atoms with Crippen molar-refractivity contribution >= 4 is 11.8 Å². The lowest BCUT2D eigenvalue weighted by atomic mass is 9.98. The summed E-state index contributed by atoms with van der Waals surface area (Å²) in [4.78, 5) is 27.6. The normalized spacial score (nSPS) is 14.0. The first kappa shape index (κ1) is 23.5. The van der Waals surface area contributed by atoms with Gasteiger partial charge in [0, 0.05) is 30.8 Å². The molecule has 3 aromatic carbocycles. The molecule has 0 spiro atoms. The van der Waals surface area contributed by atoms with Crippen LogP contribution in [0, 0.1) is 0 Å². The maximum atomic E-state index is 12.9. The van der Waals surface area contributed by atoms with E-state index in [0.717, 1.165) is 50.0 Å². The molecule has 176 valence electrons. The Morgan fingerprint density at radius 2 is 1.56 bits per heavy atom. The van der Waals surface area contributed by atoms with Crippen molar-refractivity contribution in [3.8, 4) is 11.1 Å². The van der Waals surface area contributed by atoms with E-state index in [-0.39, 0.29) is 18.4 Å². The number of nitrogens with zero attached hydrogens (tertiary/aromatic N) is 1. The Morgan fingerprint density at radius 1 is 0.853 bits per heavy atom. The second kappa shape index (κ2) is 10.1. The highest BCUT2D eigenvalue weighted by Crippen LogP contribution is 2.32. The van der Waals surface area contributed by atoms with E-state index >= 15 is 0 Å². The summed E-state index contributed by atoms with van der Waals surface area (Å²) >= 11 is 0. The molecule has 0 atom stereocenters. The van der Waals surface area contributed by atoms with Crippen LogP contribution in [0.3, 0.4) is 0 Å². The van der Waals surface area contributed by atoms with Crippen molar-refractivity contribution < 1.29 is 22.8 Å². The van der Waals surface area contributed by atoms with E-state index in [1.54, 1.807) is 42.5 Å². The largest absolute Gasteiger partial charge is 0.416 e. The highest BCUT2D eigenvalue weighted by Gasteiger charge is 2.30. The third-order valence-electron chi connectivity index (χ3n) is 5.97. The maximum absolute atomic E-state index is 12.9. The third-order valence-corrected chi connectivity index (χ3v) is 5.97. The molecular weight excluding hydrogens is 441 g/mol. The van der Waals surface area contributed by atoms with Crippen molar-refractivity contribution in [2.45, 2.75) is 32.0 Å². The number of carbonyl (C=O) groups excluding carboxylic acids is 2. The Bertz CT molecular complexity index is 1170. The van der Waals surface area contributed by atoms with Crippen molar-refractivity contribution in [3.63, 3.8) is 0 Å². The monoisotopic (exact) mass is 466 g/mol. The molecule has 1 aliphatic rings. The molecule has 0 radical (unpaired) electrons. The lowest BCUT2D eigenvalue weighted by molar-refractivity contribution is -0.137. The van der Waals surface area contributed by atoms with Crippen molar-refractivity contribution in [3.05, 3.63) is 95.1 Å².